The molecule has 1 aromatic heterocycles. The predicted octanol–water partition coefficient (Wildman–Crippen LogP) is 5.28. The van der Waals surface area contributed by atoms with E-state index in [2.05, 4.69) is 47.6 Å². The fraction of sp³-hybridized carbons (Fsp3) is 0.125. The molecule has 0 unspecified atom stereocenters. The summed E-state index contributed by atoms with van der Waals surface area (Å²) in [6.45, 7) is 4.18. The minimum Gasteiger partial charge on any atom is -0.325 e. The smallest absolute Gasteiger partial charge is 0.234 e. The van der Waals surface area contributed by atoms with Crippen molar-refractivity contribution in [1.82, 2.24) is 14.8 Å². The summed E-state index contributed by atoms with van der Waals surface area (Å²) in [4.78, 5) is 12.4. The largest absolute Gasteiger partial charge is 0.325 e. The predicted molar refractivity (Wildman–Crippen MR) is 122 cm³/mol. The summed E-state index contributed by atoms with van der Waals surface area (Å²) in [6, 6.07) is 25.7. The lowest BCUT2D eigenvalue weighted by Crippen LogP contribution is -2.14. The van der Waals surface area contributed by atoms with E-state index in [1.807, 2.05) is 65.2 Å². The second-order valence-corrected chi connectivity index (χ2v) is 7.92. The van der Waals surface area contributed by atoms with Crippen molar-refractivity contribution in [2.75, 3.05) is 11.1 Å². The van der Waals surface area contributed by atoms with E-state index in [9.17, 15) is 4.79 Å². The van der Waals surface area contributed by atoms with Gasteiger partial charge in [-0.2, -0.15) is 0 Å². The Hall–Kier alpha value is -3.38. The summed E-state index contributed by atoms with van der Waals surface area (Å²) in [5, 5.41) is 12.4. The Morgan fingerprint density at radius 2 is 1.60 bits per heavy atom. The van der Waals surface area contributed by atoms with E-state index in [0.717, 1.165) is 22.8 Å². The maximum Gasteiger partial charge on any atom is 0.234 e. The van der Waals surface area contributed by atoms with Gasteiger partial charge in [0.1, 0.15) is 0 Å². The molecule has 0 saturated carbocycles. The van der Waals surface area contributed by atoms with Crippen LogP contribution < -0.4 is 5.32 Å². The number of carbonyl (C=O) groups is 1. The van der Waals surface area contributed by atoms with Crippen LogP contribution in [0.3, 0.4) is 0 Å². The summed E-state index contributed by atoms with van der Waals surface area (Å²) >= 11 is 1.37. The Morgan fingerprint density at radius 3 is 2.30 bits per heavy atom. The Labute approximate surface area is 180 Å². The number of hydrogen-bond acceptors (Lipinski definition) is 4. The van der Waals surface area contributed by atoms with E-state index in [1.165, 1.54) is 22.9 Å². The summed E-state index contributed by atoms with van der Waals surface area (Å²) in [5.41, 5.74) is 5.16. The molecule has 6 heteroatoms. The van der Waals surface area contributed by atoms with Crippen LogP contribution in [0.15, 0.2) is 84.0 Å². The van der Waals surface area contributed by atoms with Gasteiger partial charge < -0.3 is 5.32 Å². The lowest BCUT2D eigenvalue weighted by atomic mass is 10.1. The lowest BCUT2D eigenvalue weighted by molar-refractivity contribution is -0.113. The number of nitrogens with zero attached hydrogens (tertiary/aromatic N) is 3. The standard InChI is InChI=1S/C24H22N4OS/c1-17-13-14-21(15-18(17)2)28-23(19-9-5-3-6-10-19)26-27-24(28)30-16-22(29)25-20-11-7-4-8-12-20/h3-15H,16H2,1-2H3,(H,25,29). The Morgan fingerprint density at radius 1 is 0.900 bits per heavy atom. The number of anilines is 1. The Kier molecular flexibility index (Phi) is 5.95. The molecule has 4 rings (SSSR count). The number of thioether (sulfide) groups is 1. The quantitative estimate of drug-likeness (QED) is 0.436. The average Bonchev–Trinajstić information content (AvgIpc) is 3.19. The van der Waals surface area contributed by atoms with Crippen molar-refractivity contribution >= 4 is 23.4 Å². The molecule has 0 aliphatic heterocycles. The molecule has 3 aromatic carbocycles. The highest BCUT2D eigenvalue weighted by molar-refractivity contribution is 7.99. The highest BCUT2D eigenvalue weighted by Crippen LogP contribution is 2.29. The van der Waals surface area contributed by atoms with Gasteiger partial charge in [-0.15, -0.1) is 10.2 Å². The molecule has 0 saturated heterocycles. The Balaban J connectivity index is 1.63. The normalized spacial score (nSPS) is 10.7. The molecule has 0 spiro atoms. The van der Waals surface area contributed by atoms with E-state index in [-0.39, 0.29) is 11.7 Å². The fourth-order valence-corrected chi connectivity index (χ4v) is 3.84. The van der Waals surface area contributed by atoms with Gasteiger partial charge in [0.25, 0.3) is 0 Å². The number of para-hydroxylation sites is 1. The van der Waals surface area contributed by atoms with Gasteiger partial charge in [-0.1, -0.05) is 66.4 Å². The Bertz CT molecular complexity index is 1160. The molecular weight excluding hydrogens is 392 g/mol. The van der Waals surface area contributed by atoms with E-state index in [0.29, 0.717) is 5.16 Å². The molecule has 0 bridgehead atoms. The molecule has 5 nitrogen and oxygen atoms in total. The zero-order valence-corrected chi connectivity index (χ0v) is 17.7. The van der Waals surface area contributed by atoms with Gasteiger partial charge in [-0.05, 0) is 49.2 Å². The van der Waals surface area contributed by atoms with Crippen molar-refractivity contribution < 1.29 is 4.79 Å². The number of benzene rings is 3. The number of aryl methyl sites for hydroxylation is 2. The summed E-state index contributed by atoms with van der Waals surface area (Å²) in [5.74, 6) is 0.916. The lowest BCUT2D eigenvalue weighted by Gasteiger charge is -2.12. The van der Waals surface area contributed by atoms with Crippen molar-refractivity contribution in [2.24, 2.45) is 0 Å². The number of amides is 1. The number of carbonyl (C=O) groups excluding carboxylic acids is 1. The molecule has 0 radical (unpaired) electrons. The molecular formula is C24H22N4OS. The van der Waals surface area contributed by atoms with Gasteiger partial charge in [0, 0.05) is 11.3 Å². The molecule has 0 fully saturated rings. The molecule has 1 N–H and O–H groups in total. The van der Waals surface area contributed by atoms with Crippen LogP contribution in [0.5, 0.6) is 0 Å². The zero-order valence-electron chi connectivity index (χ0n) is 16.9. The van der Waals surface area contributed by atoms with Crippen molar-refractivity contribution in [1.29, 1.82) is 0 Å². The molecule has 1 heterocycles. The van der Waals surface area contributed by atoms with Crippen LogP contribution in [-0.2, 0) is 4.79 Å². The summed E-state index contributed by atoms with van der Waals surface area (Å²) in [6.07, 6.45) is 0. The summed E-state index contributed by atoms with van der Waals surface area (Å²) < 4.78 is 2.02. The number of nitrogens with one attached hydrogen (secondary N) is 1. The maximum atomic E-state index is 12.4. The van der Waals surface area contributed by atoms with Gasteiger partial charge >= 0.3 is 0 Å². The number of rotatable bonds is 6. The van der Waals surface area contributed by atoms with Gasteiger partial charge in [0.2, 0.25) is 5.91 Å². The number of aromatic nitrogens is 3. The molecule has 0 aliphatic carbocycles. The topological polar surface area (TPSA) is 59.8 Å². The first-order valence-electron chi connectivity index (χ1n) is 9.68. The van der Waals surface area contributed by atoms with Crippen LogP contribution in [0.1, 0.15) is 11.1 Å². The van der Waals surface area contributed by atoms with Gasteiger partial charge in [0.15, 0.2) is 11.0 Å². The second-order valence-electron chi connectivity index (χ2n) is 6.98. The maximum absolute atomic E-state index is 12.4. The molecule has 0 aliphatic rings. The van der Waals surface area contributed by atoms with Crippen LogP contribution in [0, 0.1) is 13.8 Å². The average molecular weight is 415 g/mol. The minimum atomic E-state index is -0.0814. The van der Waals surface area contributed by atoms with Gasteiger partial charge in [-0.3, -0.25) is 9.36 Å². The van der Waals surface area contributed by atoms with Crippen molar-refractivity contribution in [2.45, 2.75) is 19.0 Å². The third kappa shape index (κ3) is 4.44. The van der Waals surface area contributed by atoms with Crippen LogP contribution in [0.2, 0.25) is 0 Å². The van der Waals surface area contributed by atoms with Crippen LogP contribution in [-0.4, -0.2) is 26.4 Å². The molecule has 150 valence electrons. The highest BCUT2D eigenvalue weighted by atomic mass is 32.2. The third-order valence-electron chi connectivity index (χ3n) is 4.80. The highest BCUT2D eigenvalue weighted by Gasteiger charge is 2.17. The van der Waals surface area contributed by atoms with Crippen molar-refractivity contribution in [3.63, 3.8) is 0 Å². The first-order valence-corrected chi connectivity index (χ1v) is 10.7. The molecule has 4 aromatic rings. The monoisotopic (exact) mass is 414 g/mol. The van der Waals surface area contributed by atoms with Crippen molar-refractivity contribution in [3.8, 4) is 17.1 Å². The van der Waals surface area contributed by atoms with E-state index in [4.69, 9.17) is 0 Å². The number of hydrogen-bond donors (Lipinski definition) is 1. The van der Waals surface area contributed by atoms with Crippen molar-refractivity contribution in [3.05, 3.63) is 90.0 Å². The van der Waals surface area contributed by atoms with Crippen LogP contribution in [0.4, 0.5) is 5.69 Å². The van der Waals surface area contributed by atoms with E-state index >= 15 is 0 Å². The molecule has 30 heavy (non-hydrogen) atoms. The third-order valence-corrected chi connectivity index (χ3v) is 5.73. The zero-order chi connectivity index (χ0) is 20.9. The van der Waals surface area contributed by atoms with E-state index < -0.39 is 0 Å². The molecule has 1 amide bonds. The first kappa shape index (κ1) is 19.9. The summed E-state index contributed by atoms with van der Waals surface area (Å²) in [7, 11) is 0. The van der Waals surface area contributed by atoms with E-state index in [1.54, 1.807) is 0 Å². The minimum absolute atomic E-state index is 0.0814. The van der Waals surface area contributed by atoms with Gasteiger partial charge in [0.05, 0.1) is 11.4 Å². The van der Waals surface area contributed by atoms with Gasteiger partial charge in [-0.25, -0.2) is 0 Å². The molecule has 0 atom stereocenters. The second kappa shape index (κ2) is 8.97. The van der Waals surface area contributed by atoms with Crippen LogP contribution >= 0.6 is 11.8 Å². The first-order chi connectivity index (χ1) is 14.6. The fourth-order valence-electron chi connectivity index (χ4n) is 3.08. The SMILES string of the molecule is Cc1ccc(-n2c(SCC(=O)Nc3ccccc3)nnc2-c2ccccc2)cc1C. The van der Waals surface area contributed by atoms with Crippen LogP contribution in [0.25, 0.3) is 17.1 Å².